The van der Waals surface area contributed by atoms with Crippen molar-refractivity contribution in [3.8, 4) is 0 Å². The van der Waals surface area contributed by atoms with Crippen molar-refractivity contribution >= 4 is 5.69 Å². The average Bonchev–Trinajstić information content (AvgIpc) is 2.46. The number of aliphatic hydroxyl groups excluding tert-OH is 1. The molecule has 3 heteroatoms. The quantitative estimate of drug-likeness (QED) is 0.773. The van der Waals surface area contributed by atoms with Crippen LogP contribution in [0.4, 0.5) is 5.69 Å². The molecule has 3 nitrogen and oxygen atoms in total. The van der Waals surface area contributed by atoms with E-state index >= 15 is 0 Å². The van der Waals surface area contributed by atoms with Crippen LogP contribution in [-0.2, 0) is 6.42 Å². The van der Waals surface area contributed by atoms with E-state index < -0.39 is 0 Å². The van der Waals surface area contributed by atoms with E-state index in [9.17, 15) is 0 Å². The number of nitrogens with zero attached hydrogens (tertiary/aromatic N) is 1. The van der Waals surface area contributed by atoms with Crippen molar-refractivity contribution in [2.75, 3.05) is 31.6 Å². The standard InChI is InChI=1S/C16H26N2O/c1-13(17-2)14-7-8-16-15(12-14)6-5-10-18(16)9-3-4-11-19/h7-8,12-13,17,19H,3-6,9-11H2,1-2H3. The van der Waals surface area contributed by atoms with Crippen molar-refractivity contribution in [2.24, 2.45) is 0 Å². The van der Waals surface area contributed by atoms with Crippen molar-refractivity contribution in [3.05, 3.63) is 29.3 Å². The molecule has 0 amide bonds. The van der Waals surface area contributed by atoms with Gasteiger partial charge in [0.25, 0.3) is 0 Å². The summed E-state index contributed by atoms with van der Waals surface area (Å²) in [6.07, 6.45) is 4.41. The summed E-state index contributed by atoms with van der Waals surface area (Å²) in [5.41, 5.74) is 4.25. The second-order valence-corrected chi connectivity index (χ2v) is 5.42. The van der Waals surface area contributed by atoms with Crippen molar-refractivity contribution in [1.82, 2.24) is 5.32 Å². The minimum Gasteiger partial charge on any atom is -0.396 e. The number of aliphatic hydroxyl groups is 1. The highest BCUT2D eigenvalue weighted by Gasteiger charge is 2.17. The number of unbranched alkanes of at least 4 members (excludes halogenated alkanes) is 1. The van der Waals surface area contributed by atoms with Gasteiger partial charge in [-0.15, -0.1) is 0 Å². The topological polar surface area (TPSA) is 35.5 Å². The fourth-order valence-corrected chi connectivity index (χ4v) is 2.78. The van der Waals surface area contributed by atoms with Crippen LogP contribution in [0.2, 0.25) is 0 Å². The summed E-state index contributed by atoms with van der Waals surface area (Å²) >= 11 is 0. The van der Waals surface area contributed by atoms with Crippen LogP contribution in [0.15, 0.2) is 18.2 Å². The number of nitrogens with one attached hydrogen (secondary N) is 1. The van der Waals surface area contributed by atoms with Gasteiger partial charge in [-0.1, -0.05) is 12.1 Å². The zero-order chi connectivity index (χ0) is 13.7. The van der Waals surface area contributed by atoms with E-state index in [-0.39, 0.29) is 0 Å². The molecule has 1 aliphatic heterocycles. The predicted octanol–water partition coefficient (Wildman–Crippen LogP) is 2.49. The molecule has 0 radical (unpaired) electrons. The van der Waals surface area contributed by atoms with E-state index in [1.165, 1.54) is 29.7 Å². The van der Waals surface area contributed by atoms with Gasteiger partial charge in [0.15, 0.2) is 0 Å². The van der Waals surface area contributed by atoms with Crippen LogP contribution < -0.4 is 10.2 Å². The second-order valence-electron chi connectivity index (χ2n) is 5.42. The maximum atomic E-state index is 8.89. The van der Waals surface area contributed by atoms with Crippen molar-refractivity contribution in [1.29, 1.82) is 0 Å². The van der Waals surface area contributed by atoms with Gasteiger partial charge in [0.1, 0.15) is 0 Å². The molecule has 0 saturated carbocycles. The van der Waals surface area contributed by atoms with Crippen LogP contribution in [-0.4, -0.2) is 31.9 Å². The van der Waals surface area contributed by atoms with E-state index in [1.807, 2.05) is 7.05 Å². The summed E-state index contributed by atoms with van der Waals surface area (Å²) in [6, 6.07) is 7.28. The summed E-state index contributed by atoms with van der Waals surface area (Å²) in [6.45, 7) is 4.72. The smallest absolute Gasteiger partial charge is 0.0431 e. The first kappa shape index (κ1) is 14.4. The van der Waals surface area contributed by atoms with Gasteiger partial charge in [-0.05, 0) is 56.8 Å². The number of hydrogen-bond acceptors (Lipinski definition) is 3. The van der Waals surface area contributed by atoms with E-state index in [0.29, 0.717) is 12.6 Å². The Morgan fingerprint density at radius 2 is 2.21 bits per heavy atom. The molecule has 1 aromatic rings. The molecule has 1 atom stereocenters. The number of aryl methyl sites for hydroxylation is 1. The predicted molar refractivity (Wildman–Crippen MR) is 80.8 cm³/mol. The van der Waals surface area contributed by atoms with Gasteiger partial charge in [-0.25, -0.2) is 0 Å². The van der Waals surface area contributed by atoms with Gasteiger partial charge < -0.3 is 15.3 Å². The number of hydrogen-bond donors (Lipinski definition) is 2. The zero-order valence-corrected chi connectivity index (χ0v) is 12.2. The van der Waals surface area contributed by atoms with Gasteiger partial charge in [0.2, 0.25) is 0 Å². The molecule has 0 spiro atoms. The fourth-order valence-electron chi connectivity index (χ4n) is 2.78. The summed E-state index contributed by atoms with van der Waals surface area (Å²) < 4.78 is 0. The molecule has 0 fully saturated rings. The van der Waals surface area contributed by atoms with E-state index in [2.05, 4.69) is 35.3 Å². The molecule has 1 heterocycles. The van der Waals surface area contributed by atoms with Crippen LogP contribution in [0.5, 0.6) is 0 Å². The molecular weight excluding hydrogens is 236 g/mol. The SMILES string of the molecule is CNC(C)c1ccc2c(c1)CCCN2CCCCO. The Morgan fingerprint density at radius 3 is 2.95 bits per heavy atom. The van der Waals surface area contributed by atoms with E-state index in [4.69, 9.17) is 5.11 Å². The molecule has 1 aliphatic rings. The zero-order valence-electron chi connectivity index (χ0n) is 12.2. The lowest BCUT2D eigenvalue weighted by Crippen LogP contribution is -2.30. The highest BCUT2D eigenvalue weighted by atomic mass is 16.2. The van der Waals surface area contributed by atoms with Gasteiger partial charge in [0.05, 0.1) is 0 Å². The van der Waals surface area contributed by atoms with E-state index in [1.54, 1.807) is 0 Å². The van der Waals surface area contributed by atoms with Gasteiger partial charge in [0, 0.05) is 31.4 Å². The number of anilines is 1. The Balaban J connectivity index is 2.11. The summed E-state index contributed by atoms with van der Waals surface area (Å²) in [4.78, 5) is 2.47. The third-order valence-corrected chi connectivity index (χ3v) is 4.09. The molecule has 2 rings (SSSR count). The van der Waals surface area contributed by atoms with Crippen LogP contribution in [0.1, 0.15) is 43.4 Å². The average molecular weight is 262 g/mol. The first-order chi connectivity index (χ1) is 9.26. The molecule has 0 saturated heterocycles. The monoisotopic (exact) mass is 262 g/mol. The third-order valence-electron chi connectivity index (χ3n) is 4.09. The molecule has 0 bridgehead atoms. The van der Waals surface area contributed by atoms with Crippen LogP contribution in [0.3, 0.4) is 0 Å². The fraction of sp³-hybridized carbons (Fsp3) is 0.625. The summed E-state index contributed by atoms with van der Waals surface area (Å²) in [5.74, 6) is 0. The molecule has 2 N–H and O–H groups in total. The third kappa shape index (κ3) is 3.48. The number of fused-ring (bicyclic) bond motifs is 1. The van der Waals surface area contributed by atoms with Crippen molar-refractivity contribution in [3.63, 3.8) is 0 Å². The highest BCUT2D eigenvalue weighted by Crippen LogP contribution is 2.29. The van der Waals surface area contributed by atoms with Gasteiger partial charge in [-0.2, -0.15) is 0 Å². The molecule has 1 aromatic carbocycles. The van der Waals surface area contributed by atoms with Gasteiger partial charge >= 0.3 is 0 Å². The lowest BCUT2D eigenvalue weighted by Gasteiger charge is -2.32. The minimum absolute atomic E-state index is 0.305. The lowest BCUT2D eigenvalue weighted by molar-refractivity contribution is 0.285. The highest BCUT2D eigenvalue weighted by molar-refractivity contribution is 5.57. The normalized spacial score (nSPS) is 16.3. The summed E-state index contributed by atoms with van der Waals surface area (Å²) in [7, 11) is 2.01. The Hall–Kier alpha value is -1.06. The van der Waals surface area contributed by atoms with E-state index in [0.717, 1.165) is 25.9 Å². The summed E-state index contributed by atoms with van der Waals surface area (Å²) in [5, 5.41) is 12.2. The maximum absolute atomic E-state index is 8.89. The Bertz CT molecular complexity index is 406. The first-order valence-electron chi connectivity index (χ1n) is 7.42. The van der Waals surface area contributed by atoms with Crippen LogP contribution >= 0.6 is 0 Å². The molecule has 0 aromatic heterocycles. The molecular formula is C16H26N2O. The molecule has 106 valence electrons. The first-order valence-corrected chi connectivity index (χ1v) is 7.42. The molecule has 1 unspecified atom stereocenters. The van der Waals surface area contributed by atoms with Crippen molar-refractivity contribution in [2.45, 2.75) is 38.6 Å². The Morgan fingerprint density at radius 1 is 1.37 bits per heavy atom. The lowest BCUT2D eigenvalue weighted by atomic mass is 9.96. The number of rotatable bonds is 6. The van der Waals surface area contributed by atoms with Gasteiger partial charge in [-0.3, -0.25) is 0 Å². The molecule has 19 heavy (non-hydrogen) atoms. The maximum Gasteiger partial charge on any atom is 0.0431 e. The molecule has 0 aliphatic carbocycles. The Labute approximate surface area is 116 Å². The minimum atomic E-state index is 0.305. The number of benzene rings is 1. The van der Waals surface area contributed by atoms with Crippen LogP contribution in [0.25, 0.3) is 0 Å². The van der Waals surface area contributed by atoms with Crippen molar-refractivity contribution < 1.29 is 5.11 Å². The van der Waals surface area contributed by atoms with Crippen LogP contribution in [0, 0.1) is 0 Å². The Kier molecular flexibility index (Phi) is 5.23. The second kappa shape index (κ2) is 6.92. The largest absolute Gasteiger partial charge is 0.396 e.